The highest BCUT2D eigenvalue weighted by atomic mass is 16.7. The standard InChI is InChI=1S/C23H28N4O2/c24-14-22(27-19-5-6-20-21(13-19)26-15-25-20)18-3-1-16(2-4-18)17-7-9-23(10-8-17)28-11-12-29-23/h1-6,13,15,17,22,27H,7-12,14,24H2,(H,25,26). The average molecular weight is 393 g/mol. The van der Waals surface area contributed by atoms with Crippen LogP contribution in [0.15, 0.2) is 48.8 Å². The summed E-state index contributed by atoms with van der Waals surface area (Å²) in [4.78, 5) is 7.45. The van der Waals surface area contributed by atoms with Crippen molar-refractivity contribution in [1.82, 2.24) is 9.97 Å². The van der Waals surface area contributed by atoms with Crippen LogP contribution >= 0.6 is 0 Å². The smallest absolute Gasteiger partial charge is 0.168 e. The summed E-state index contributed by atoms with van der Waals surface area (Å²) in [6.45, 7) is 2.00. The first kappa shape index (κ1) is 18.6. The van der Waals surface area contributed by atoms with Crippen LogP contribution in [0.25, 0.3) is 11.0 Å². The van der Waals surface area contributed by atoms with Gasteiger partial charge in [-0.2, -0.15) is 0 Å². The lowest BCUT2D eigenvalue weighted by atomic mass is 9.80. The molecule has 2 fully saturated rings. The van der Waals surface area contributed by atoms with Crippen LogP contribution in [0.3, 0.4) is 0 Å². The topological polar surface area (TPSA) is 85.2 Å². The van der Waals surface area contributed by atoms with Crippen molar-refractivity contribution in [2.75, 3.05) is 25.1 Å². The third-order valence-electron chi connectivity index (χ3n) is 6.37. The monoisotopic (exact) mass is 392 g/mol. The maximum absolute atomic E-state index is 6.08. The normalized spacial score (nSPS) is 20.3. The summed E-state index contributed by atoms with van der Waals surface area (Å²) in [7, 11) is 0. The summed E-state index contributed by atoms with van der Waals surface area (Å²) >= 11 is 0. The number of H-pyrrole nitrogens is 1. The lowest BCUT2D eigenvalue weighted by Crippen LogP contribution is -2.34. The molecule has 1 aliphatic heterocycles. The van der Waals surface area contributed by atoms with Crippen molar-refractivity contribution in [3.8, 4) is 0 Å². The molecule has 29 heavy (non-hydrogen) atoms. The second-order valence-corrected chi connectivity index (χ2v) is 8.12. The van der Waals surface area contributed by atoms with Crippen LogP contribution in [-0.2, 0) is 9.47 Å². The summed E-state index contributed by atoms with van der Waals surface area (Å²) in [5, 5.41) is 3.55. The maximum atomic E-state index is 6.08. The van der Waals surface area contributed by atoms with E-state index >= 15 is 0 Å². The number of aromatic nitrogens is 2. The number of rotatable bonds is 5. The van der Waals surface area contributed by atoms with Gasteiger partial charge in [0.15, 0.2) is 5.79 Å². The number of imidazole rings is 1. The fourth-order valence-corrected chi connectivity index (χ4v) is 4.68. The molecule has 1 atom stereocenters. The molecule has 6 nitrogen and oxygen atoms in total. The van der Waals surface area contributed by atoms with Gasteiger partial charge in [0.25, 0.3) is 0 Å². The molecule has 5 rings (SSSR count). The second kappa shape index (κ2) is 7.78. The minimum absolute atomic E-state index is 0.0651. The summed E-state index contributed by atoms with van der Waals surface area (Å²) in [5.74, 6) is 0.286. The number of nitrogens with two attached hydrogens (primary N) is 1. The van der Waals surface area contributed by atoms with E-state index in [1.54, 1.807) is 6.33 Å². The van der Waals surface area contributed by atoms with E-state index in [-0.39, 0.29) is 11.8 Å². The number of ether oxygens (including phenoxy) is 2. The zero-order valence-electron chi connectivity index (χ0n) is 16.6. The SMILES string of the molecule is NCC(Nc1ccc2[nH]cnc2c1)c1ccc(C2CCC3(CC2)OCCO3)cc1. The highest BCUT2D eigenvalue weighted by Gasteiger charge is 2.40. The molecule has 2 aliphatic rings. The van der Waals surface area contributed by atoms with Gasteiger partial charge in [-0.05, 0) is 48.1 Å². The Hall–Kier alpha value is -2.41. The van der Waals surface area contributed by atoms with E-state index in [2.05, 4.69) is 45.6 Å². The molecule has 0 amide bonds. The number of hydrogen-bond donors (Lipinski definition) is 3. The molecule has 3 aromatic rings. The minimum atomic E-state index is -0.291. The molecule has 1 saturated carbocycles. The third-order valence-corrected chi connectivity index (χ3v) is 6.37. The molecule has 4 N–H and O–H groups in total. The number of nitrogens with one attached hydrogen (secondary N) is 2. The Morgan fingerprint density at radius 2 is 1.86 bits per heavy atom. The quantitative estimate of drug-likeness (QED) is 0.609. The molecule has 1 saturated heterocycles. The minimum Gasteiger partial charge on any atom is -0.377 e. The van der Waals surface area contributed by atoms with E-state index in [0.717, 1.165) is 55.6 Å². The lowest BCUT2D eigenvalue weighted by molar-refractivity contribution is -0.178. The van der Waals surface area contributed by atoms with E-state index in [1.165, 1.54) is 11.1 Å². The van der Waals surface area contributed by atoms with Gasteiger partial charge in [-0.15, -0.1) is 0 Å². The first-order valence-corrected chi connectivity index (χ1v) is 10.5. The van der Waals surface area contributed by atoms with Crippen LogP contribution in [0.2, 0.25) is 0 Å². The molecule has 0 bridgehead atoms. The zero-order valence-corrected chi connectivity index (χ0v) is 16.6. The van der Waals surface area contributed by atoms with Gasteiger partial charge in [0.05, 0.1) is 36.6 Å². The maximum Gasteiger partial charge on any atom is 0.168 e. The predicted octanol–water partition coefficient (Wildman–Crippen LogP) is 4.08. The molecule has 2 aromatic carbocycles. The number of hydrogen-bond acceptors (Lipinski definition) is 5. The predicted molar refractivity (Wildman–Crippen MR) is 114 cm³/mol. The largest absolute Gasteiger partial charge is 0.377 e. The van der Waals surface area contributed by atoms with Gasteiger partial charge in [-0.1, -0.05) is 24.3 Å². The molecule has 1 aliphatic carbocycles. The average Bonchev–Trinajstić information content (AvgIpc) is 3.42. The van der Waals surface area contributed by atoms with Crippen molar-refractivity contribution in [1.29, 1.82) is 0 Å². The third kappa shape index (κ3) is 3.75. The summed E-state index contributed by atoms with van der Waals surface area (Å²) < 4.78 is 11.7. The highest BCUT2D eigenvalue weighted by Crippen LogP contribution is 2.42. The molecular formula is C23H28N4O2. The number of nitrogens with zero attached hydrogens (tertiary/aromatic N) is 1. The van der Waals surface area contributed by atoms with Gasteiger partial charge in [0.2, 0.25) is 0 Å². The Labute approximate surface area is 170 Å². The molecular weight excluding hydrogens is 364 g/mol. The molecule has 1 spiro atoms. The summed E-state index contributed by atoms with van der Waals surface area (Å²) in [6.07, 6.45) is 5.92. The molecule has 1 aromatic heterocycles. The van der Waals surface area contributed by atoms with Gasteiger partial charge in [0.1, 0.15) is 0 Å². The molecule has 0 radical (unpaired) electrons. The summed E-state index contributed by atoms with van der Waals surface area (Å²) in [5.41, 5.74) is 11.7. The van der Waals surface area contributed by atoms with Crippen molar-refractivity contribution in [2.45, 2.75) is 43.4 Å². The van der Waals surface area contributed by atoms with Crippen LogP contribution in [0.4, 0.5) is 5.69 Å². The Bertz CT molecular complexity index is 952. The molecule has 6 heteroatoms. The van der Waals surface area contributed by atoms with Crippen LogP contribution in [0.5, 0.6) is 0 Å². The number of benzene rings is 2. The molecule has 2 heterocycles. The van der Waals surface area contributed by atoms with Gasteiger partial charge in [-0.25, -0.2) is 4.98 Å². The Kier molecular flexibility index (Phi) is 4.99. The van der Waals surface area contributed by atoms with Gasteiger partial charge in [-0.3, -0.25) is 0 Å². The number of fused-ring (bicyclic) bond motifs is 1. The first-order chi connectivity index (χ1) is 14.2. The van der Waals surface area contributed by atoms with Crippen LogP contribution in [0.1, 0.15) is 48.8 Å². The Morgan fingerprint density at radius 1 is 1.10 bits per heavy atom. The Balaban J connectivity index is 1.26. The van der Waals surface area contributed by atoms with Crippen molar-refractivity contribution < 1.29 is 9.47 Å². The van der Waals surface area contributed by atoms with Crippen LogP contribution < -0.4 is 11.1 Å². The fraction of sp³-hybridized carbons (Fsp3) is 0.435. The van der Waals surface area contributed by atoms with E-state index in [1.807, 2.05) is 12.1 Å². The second-order valence-electron chi connectivity index (χ2n) is 8.12. The lowest BCUT2D eigenvalue weighted by Gasteiger charge is -2.35. The van der Waals surface area contributed by atoms with Crippen molar-refractivity contribution in [2.24, 2.45) is 5.73 Å². The molecule has 1 unspecified atom stereocenters. The van der Waals surface area contributed by atoms with Crippen molar-refractivity contribution in [3.05, 3.63) is 59.9 Å². The Morgan fingerprint density at radius 3 is 2.59 bits per heavy atom. The van der Waals surface area contributed by atoms with E-state index in [9.17, 15) is 0 Å². The highest BCUT2D eigenvalue weighted by molar-refractivity contribution is 5.78. The molecule has 152 valence electrons. The van der Waals surface area contributed by atoms with E-state index < -0.39 is 0 Å². The van der Waals surface area contributed by atoms with Crippen molar-refractivity contribution >= 4 is 16.7 Å². The number of aromatic amines is 1. The summed E-state index contributed by atoms with van der Waals surface area (Å²) in [6, 6.07) is 15.1. The van der Waals surface area contributed by atoms with Crippen LogP contribution in [0, 0.1) is 0 Å². The first-order valence-electron chi connectivity index (χ1n) is 10.5. The van der Waals surface area contributed by atoms with Gasteiger partial charge >= 0.3 is 0 Å². The number of anilines is 1. The van der Waals surface area contributed by atoms with Crippen molar-refractivity contribution in [3.63, 3.8) is 0 Å². The fourth-order valence-electron chi connectivity index (χ4n) is 4.68. The van der Waals surface area contributed by atoms with Gasteiger partial charge in [0, 0.05) is 25.1 Å². The van der Waals surface area contributed by atoms with E-state index in [0.29, 0.717) is 12.5 Å². The van der Waals surface area contributed by atoms with Crippen LogP contribution in [-0.4, -0.2) is 35.5 Å². The van der Waals surface area contributed by atoms with Gasteiger partial charge < -0.3 is 25.5 Å². The zero-order chi connectivity index (χ0) is 19.7. The van der Waals surface area contributed by atoms with E-state index in [4.69, 9.17) is 15.2 Å².